The lowest BCUT2D eigenvalue weighted by Gasteiger charge is -2.31. The first-order chi connectivity index (χ1) is 14.7. The van der Waals surface area contributed by atoms with Crippen LogP contribution in [0.4, 0.5) is 0 Å². The molecule has 0 radical (unpaired) electrons. The molecule has 5 rings (SSSR count). The smallest absolute Gasteiger partial charge is 0.273 e. The molecule has 3 heterocycles. The molecule has 2 aliphatic heterocycles. The predicted molar refractivity (Wildman–Crippen MR) is 120 cm³/mol. The largest absolute Gasteiger partial charge is 0.507 e. The minimum atomic E-state index is -3.18. The number of aromatic amines is 1. The van der Waals surface area contributed by atoms with Crippen LogP contribution >= 0.6 is 15.9 Å². The summed E-state index contributed by atoms with van der Waals surface area (Å²) in [5.74, 6) is -0.175. The van der Waals surface area contributed by atoms with Crippen molar-refractivity contribution in [2.75, 3.05) is 11.5 Å². The summed E-state index contributed by atoms with van der Waals surface area (Å²) in [6.45, 7) is 1.92. The third kappa shape index (κ3) is 3.36. The molecule has 160 valence electrons. The van der Waals surface area contributed by atoms with Crippen molar-refractivity contribution in [1.82, 2.24) is 15.1 Å². The lowest BCUT2D eigenvalue weighted by Crippen LogP contribution is -2.40. The summed E-state index contributed by atoms with van der Waals surface area (Å²) in [5, 5.41) is 17.8. The fraction of sp³-hybridized carbons (Fsp3) is 0.273. The Labute approximate surface area is 188 Å². The third-order valence-corrected chi connectivity index (χ3v) is 8.22. The Bertz CT molecular complexity index is 1320. The predicted octanol–water partition coefficient (Wildman–Crippen LogP) is 3.59. The van der Waals surface area contributed by atoms with E-state index >= 15 is 0 Å². The number of sulfone groups is 1. The zero-order valence-electron chi connectivity index (χ0n) is 16.7. The number of aryl methyl sites for hydroxylation is 1. The van der Waals surface area contributed by atoms with Gasteiger partial charge in [0.15, 0.2) is 9.84 Å². The molecule has 3 aromatic rings. The molecule has 2 aliphatic rings. The van der Waals surface area contributed by atoms with Crippen molar-refractivity contribution in [2.24, 2.45) is 0 Å². The summed E-state index contributed by atoms with van der Waals surface area (Å²) in [4.78, 5) is 15.1. The SMILES string of the molecule is Cc1ccc(O)c(-c2n[nH]c3c2C(c2cccc(Br)c2)N(C2CCS(=O)(=O)C2)C3=O)c1. The first-order valence-corrected chi connectivity index (χ1v) is 12.5. The quantitative estimate of drug-likeness (QED) is 0.570. The maximum Gasteiger partial charge on any atom is 0.273 e. The summed E-state index contributed by atoms with van der Waals surface area (Å²) in [6.07, 6.45) is 0.404. The van der Waals surface area contributed by atoms with Crippen LogP contribution in [0.5, 0.6) is 5.75 Å². The van der Waals surface area contributed by atoms with E-state index in [1.54, 1.807) is 17.0 Å². The van der Waals surface area contributed by atoms with Crippen molar-refractivity contribution < 1.29 is 18.3 Å². The van der Waals surface area contributed by atoms with Gasteiger partial charge in [0.1, 0.15) is 17.1 Å². The van der Waals surface area contributed by atoms with E-state index in [4.69, 9.17) is 0 Å². The van der Waals surface area contributed by atoms with Gasteiger partial charge in [-0.25, -0.2) is 8.42 Å². The number of benzene rings is 2. The molecule has 0 spiro atoms. The van der Waals surface area contributed by atoms with E-state index in [9.17, 15) is 18.3 Å². The minimum absolute atomic E-state index is 0.0496. The van der Waals surface area contributed by atoms with Gasteiger partial charge in [-0.2, -0.15) is 5.10 Å². The number of carbonyl (C=O) groups excluding carboxylic acids is 1. The normalized spacial score (nSPS) is 22.1. The average Bonchev–Trinajstić information content (AvgIpc) is 3.37. The molecular formula is C22H20BrN3O4S. The van der Waals surface area contributed by atoms with Gasteiger partial charge < -0.3 is 10.0 Å². The topological polar surface area (TPSA) is 103 Å². The molecule has 1 fully saturated rings. The molecule has 2 aromatic carbocycles. The van der Waals surface area contributed by atoms with Gasteiger partial charge in [0.05, 0.1) is 17.5 Å². The van der Waals surface area contributed by atoms with Crippen LogP contribution in [-0.4, -0.2) is 52.1 Å². The number of fused-ring (bicyclic) bond motifs is 1. The number of aromatic hydroxyl groups is 1. The number of phenolic OH excluding ortho intramolecular Hbond substituents is 1. The first-order valence-electron chi connectivity index (χ1n) is 9.92. The highest BCUT2D eigenvalue weighted by molar-refractivity contribution is 9.10. The number of carbonyl (C=O) groups is 1. The molecule has 7 nitrogen and oxygen atoms in total. The molecular weight excluding hydrogens is 482 g/mol. The molecule has 1 aromatic heterocycles. The number of amides is 1. The van der Waals surface area contributed by atoms with Gasteiger partial charge in [-0.05, 0) is 43.2 Å². The maximum absolute atomic E-state index is 13.4. The van der Waals surface area contributed by atoms with Gasteiger partial charge >= 0.3 is 0 Å². The lowest BCUT2D eigenvalue weighted by molar-refractivity contribution is 0.0677. The number of rotatable bonds is 3. The number of nitrogens with one attached hydrogen (secondary N) is 1. The Morgan fingerprint density at radius 2 is 2.03 bits per heavy atom. The van der Waals surface area contributed by atoms with Crippen LogP contribution in [-0.2, 0) is 9.84 Å². The highest BCUT2D eigenvalue weighted by Gasteiger charge is 2.48. The van der Waals surface area contributed by atoms with E-state index in [2.05, 4.69) is 26.1 Å². The van der Waals surface area contributed by atoms with E-state index in [0.29, 0.717) is 28.9 Å². The number of aromatic nitrogens is 2. The number of H-pyrrole nitrogens is 1. The van der Waals surface area contributed by atoms with Crippen LogP contribution < -0.4 is 0 Å². The van der Waals surface area contributed by atoms with Gasteiger partial charge in [-0.1, -0.05) is 39.7 Å². The van der Waals surface area contributed by atoms with Crippen LogP contribution in [0.2, 0.25) is 0 Å². The van der Waals surface area contributed by atoms with Crippen LogP contribution in [0.1, 0.15) is 39.6 Å². The summed E-state index contributed by atoms with van der Waals surface area (Å²) < 4.78 is 25.2. The first kappa shape index (κ1) is 20.3. The van der Waals surface area contributed by atoms with E-state index in [1.807, 2.05) is 37.3 Å². The fourth-order valence-corrected chi connectivity index (χ4v) is 6.71. The number of hydrogen-bond acceptors (Lipinski definition) is 5. The van der Waals surface area contributed by atoms with E-state index in [1.165, 1.54) is 0 Å². The second-order valence-electron chi connectivity index (χ2n) is 8.11. The Balaban J connectivity index is 1.71. The molecule has 9 heteroatoms. The molecule has 2 atom stereocenters. The van der Waals surface area contributed by atoms with Crippen LogP contribution in [0.3, 0.4) is 0 Å². The van der Waals surface area contributed by atoms with Gasteiger partial charge in [-0.15, -0.1) is 0 Å². The third-order valence-electron chi connectivity index (χ3n) is 5.98. The Kier molecular flexibility index (Phi) is 4.71. The Hall–Kier alpha value is -2.65. The number of halogens is 1. The second-order valence-corrected chi connectivity index (χ2v) is 11.3. The number of phenols is 1. The second kappa shape index (κ2) is 7.20. The molecule has 0 saturated carbocycles. The number of nitrogens with zero attached hydrogens (tertiary/aromatic N) is 2. The summed E-state index contributed by atoms with van der Waals surface area (Å²) >= 11 is 3.50. The zero-order valence-corrected chi connectivity index (χ0v) is 19.1. The van der Waals surface area contributed by atoms with Gasteiger partial charge in [0.2, 0.25) is 0 Å². The van der Waals surface area contributed by atoms with E-state index < -0.39 is 21.9 Å². The van der Waals surface area contributed by atoms with Crippen molar-refractivity contribution in [3.8, 4) is 17.0 Å². The van der Waals surface area contributed by atoms with Crippen molar-refractivity contribution >= 4 is 31.7 Å². The average molecular weight is 502 g/mol. The molecule has 0 aliphatic carbocycles. The molecule has 31 heavy (non-hydrogen) atoms. The van der Waals surface area contributed by atoms with Gasteiger partial charge in [0, 0.05) is 21.6 Å². The molecule has 1 saturated heterocycles. The molecule has 1 amide bonds. The standard InChI is InChI=1S/C22H20BrN3O4S/c1-12-5-6-17(27)16(9-12)19-18-20(25-24-19)22(28)26(15-7-8-31(29,30)11-15)21(18)13-3-2-4-14(23)10-13/h2-6,9-10,15,21,27H,7-8,11H2,1H3,(H,24,25). The highest BCUT2D eigenvalue weighted by atomic mass is 79.9. The Morgan fingerprint density at radius 1 is 1.23 bits per heavy atom. The van der Waals surface area contributed by atoms with Crippen molar-refractivity contribution in [1.29, 1.82) is 0 Å². The van der Waals surface area contributed by atoms with Crippen molar-refractivity contribution in [3.63, 3.8) is 0 Å². The fourth-order valence-electron chi connectivity index (χ4n) is 4.59. The number of hydrogen-bond donors (Lipinski definition) is 2. The molecule has 0 bridgehead atoms. The summed E-state index contributed by atoms with van der Waals surface area (Å²) in [5.41, 5.74) is 3.83. The zero-order chi connectivity index (χ0) is 21.9. The minimum Gasteiger partial charge on any atom is -0.507 e. The van der Waals surface area contributed by atoms with Crippen LogP contribution in [0.15, 0.2) is 46.9 Å². The van der Waals surface area contributed by atoms with E-state index in [0.717, 1.165) is 15.6 Å². The summed E-state index contributed by atoms with van der Waals surface area (Å²) in [6, 6.07) is 11.9. The van der Waals surface area contributed by atoms with Gasteiger partial charge in [-0.3, -0.25) is 9.89 Å². The van der Waals surface area contributed by atoms with Gasteiger partial charge in [0.25, 0.3) is 5.91 Å². The highest BCUT2D eigenvalue weighted by Crippen LogP contribution is 2.46. The van der Waals surface area contributed by atoms with Crippen LogP contribution in [0.25, 0.3) is 11.3 Å². The maximum atomic E-state index is 13.4. The monoisotopic (exact) mass is 501 g/mol. The molecule has 2 unspecified atom stereocenters. The molecule has 2 N–H and O–H groups in total. The lowest BCUT2D eigenvalue weighted by atomic mass is 9.94. The van der Waals surface area contributed by atoms with Crippen molar-refractivity contribution in [3.05, 3.63) is 69.3 Å². The Morgan fingerprint density at radius 3 is 2.74 bits per heavy atom. The van der Waals surface area contributed by atoms with Crippen molar-refractivity contribution in [2.45, 2.75) is 25.4 Å². The van der Waals surface area contributed by atoms with E-state index in [-0.39, 0.29) is 23.2 Å². The summed E-state index contributed by atoms with van der Waals surface area (Å²) in [7, 11) is -3.18. The van der Waals surface area contributed by atoms with Crippen LogP contribution in [0, 0.1) is 6.92 Å².